The summed E-state index contributed by atoms with van der Waals surface area (Å²) >= 11 is 0. The number of nitrogen functional groups attached to an aromatic ring is 1. The Balaban J connectivity index is 0.00000144. The van der Waals surface area contributed by atoms with E-state index in [1.807, 2.05) is 24.3 Å². The Morgan fingerprint density at radius 3 is 1.78 bits per heavy atom. The number of benzene rings is 3. The largest absolute Gasteiger partial charge is 1.00 e. The van der Waals surface area contributed by atoms with E-state index in [1.165, 1.54) is 16.0 Å². The van der Waals surface area contributed by atoms with Crippen LogP contribution in [0.4, 0.5) is 11.8 Å². The molecule has 1 saturated heterocycles. The van der Waals surface area contributed by atoms with Gasteiger partial charge < -0.3 is 35.4 Å². The van der Waals surface area contributed by atoms with E-state index in [0.29, 0.717) is 11.9 Å². The van der Waals surface area contributed by atoms with Crippen LogP contribution in [0.25, 0.3) is 10.9 Å². The highest BCUT2D eigenvalue weighted by molar-refractivity contribution is 5.88. The molecule has 1 aromatic heterocycles. The fourth-order valence-electron chi connectivity index (χ4n) is 4.60. The Morgan fingerprint density at radius 2 is 1.19 bits per heavy atom. The second-order valence-corrected chi connectivity index (χ2v) is 7.97. The topological polar surface area (TPSA) is 60.7 Å². The third-order valence-corrected chi connectivity index (χ3v) is 6.12. The SMILES string of the molecule is Nc1nc([NH+]2CC[NH+](C(c3ccccc3)c3ccccc3)CC2)nc2ccccc12.[Cl-].[Cl-]. The summed E-state index contributed by atoms with van der Waals surface area (Å²) in [6.07, 6.45) is 0. The predicted molar refractivity (Wildman–Crippen MR) is 120 cm³/mol. The molecule has 0 aliphatic carbocycles. The number of halogens is 2. The van der Waals surface area contributed by atoms with E-state index in [-0.39, 0.29) is 24.8 Å². The minimum atomic E-state index is 0. The van der Waals surface area contributed by atoms with Crippen molar-refractivity contribution in [3.8, 4) is 0 Å². The number of piperazine rings is 1. The third kappa shape index (κ3) is 4.87. The van der Waals surface area contributed by atoms with E-state index < -0.39 is 0 Å². The van der Waals surface area contributed by atoms with Crippen molar-refractivity contribution in [2.24, 2.45) is 0 Å². The van der Waals surface area contributed by atoms with Crippen LogP contribution < -0.4 is 40.3 Å². The maximum atomic E-state index is 6.22. The van der Waals surface area contributed by atoms with Crippen LogP contribution in [-0.4, -0.2) is 36.1 Å². The zero-order valence-corrected chi connectivity index (χ0v) is 19.2. The Morgan fingerprint density at radius 1 is 0.656 bits per heavy atom. The molecule has 5 nitrogen and oxygen atoms in total. The van der Waals surface area contributed by atoms with Gasteiger partial charge in [0.05, 0.1) is 5.52 Å². The first-order chi connectivity index (χ1) is 14.8. The van der Waals surface area contributed by atoms with Crippen LogP contribution in [0, 0.1) is 0 Å². The van der Waals surface area contributed by atoms with Gasteiger partial charge in [-0.15, -0.1) is 0 Å². The average Bonchev–Trinajstić information content (AvgIpc) is 2.81. The lowest BCUT2D eigenvalue weighted by molar-refractivity contribution is -1.00. The summed E-state index contributed by atoms with van der Waals surface area (Å²) in [5.74, 6) is 1.39. The van der Waals surface area contributed by atoms with Gasteiger partial charge in [0.2, 0.25) is 0 Å². The Bertz CT molecular complexity index is 1090. The van der Waals surface area contributed by atoms with Gasteiger partial charge in [0.1, 0.15) is 38.0 Å². The molecule has 1 aliphatic heterocycles. The third-order valence-electron chi connectivity index (χ3n) is 6.12. The molecule has 0 bridgehead atoms. The number of aromatic nitrogens is 2. The maximum Gasteiger partial charge on any atom is 0.330 e. The highest BCUT2D eigenvalue weighted by Crippen LogP contribution is 2.19. The summed E-state index contributed by atoms with van der Waals surface area (Å²) in [7, 11) is 0. The Kier molecular flexibility index (Phi) is 8.04. The number of hydrogen-bond acceptors (Lipinski definition) is 3. The second kappa shape index (κ2) is 10.7. The molecule has 0 radical (unpaired) electrons. The normalized spacial score (nSPS) is 18.0. The van der Waals surface area contributed by atoms with E-state index in [4.69, 9.17) is 10.7 Å². The van der Waals surface area contributed by atoms with Crippen molar-refractivity contribution in [2.45, 2.75) is 6.04 Å². The highest BCUT2D eigenvalue weighted by atomic mass is 35.5. The number of anilines is 1. The van der Waals surface area contributed by atoms with Crippen molar-refractivity contribution < 1.29 is 34.6 Å². The summed E-state index contributed by atoms with van der Waals surface area (Å²) in [5.41, 5.74) is 9.88. The molecule has 0 amide bonds. The number of quaternary nitrogens is 2. The molecule has 0 unspecified atom stereocenters. The zero-order chi connectivity index (χ0) is 20.3. The van der Waals surface area contributed by atoms with Crippen molar-refractivity contribution in [3.05, 3.63) is 96.1 Å². The lowest BCUT2D eigenvalue weighted by atomic mass is 9.96. The van der Waals surface area contributed by atoms with E-state index in [1.54, 1.807) is 4.90 Å². The van der Waals surface area contributed by atoms with Gasteiger partial charge in [-0.1, -0.05) is 72.8 Å². The van der Waals surface area contributed by atoms with Gasteiger partial charge in [-0.2, -0.15) is 9.97 Å². The fraction of sp³-hybridized carbons (Fsp3) is 0.200. The molecule has 1 fully saturated rings. The van der Waals surface area contributed by atoms with Gasteiger partial charge in [0.25, 0.3) is 0 Å². The quantitative estimate of drug-likeness (QED) is 0.283. The monoisotopic (exact) mass is 467 g/mol. The summed E-state index contributed by atoms with van der Waals surface area (Å²) < 4.78 is 0. The molecule has 166 valence electrons. The molecule has 32 heavy (non-hydrogen) atoms. The van der Waals surface area contributed by atoms with Crippen molar-refractivity contribution in [3.63, 3.8) is 0 Å². The number of hydrogen-bond donors (Lipinski definition) is 3. The summed E-state index contributed by atoms with van der Waals surface area (Å²) in [5, 5.41) is 0.929. The van der Waals surface area contributed by atoms with Gasteiger partial charge in [-0.05, 0) is 12.1 Å². The molecule has 2 heterocycles. The molecule has 0 saturated carbocycles. The Labute approximate surface area is 201 Å². The lowest BCUT2D eigenvalue weighted by Gasteiger charge is -2.34. The molecule has 7 heteroatoms. The van der Waals surface area contributed by atoms with Gasteiger partial charge in [-0.3, -0.25) is 4.90 Å². The molecule has 1 aliphatic rings. The van der Waals surface area contributed by atoms with Crippen LogP contribution in [0.3, 0.4) is 0 Å². The Hall–Kier alpha value is -2.70. The second-order valence-electron chi connectivity index (χ2n) is 7.97. The summed E-state index contributed by atoms with van der Waals surface area (Å²) in [4.78, 5) is 12.3. The smallest absolute Gasteiger partial charge is 0.330 e. The molecule has 0 atom stereocenters. The zero-order valence-electron chi connectivity index (χ0n) is 17.7. The van der Waals surface area contributed by atoms with Gasteiger partial charge in [-0.25, -0.2) is 0 Å². The summed E-state index contributed by atoms with van der Waals surface area (Å²) in [6.45, 7) is 4.09. The molecular formula is C25H27Cl2N5. The molecule has 4 N–H and O–H groups in total. The van der Waals surface area contributed by atoms with Crippen LogP contribution in [0.15, 0.2) is 84.9 Å². The van der Waals surface area contributed by atoms with Crippen molar-refractivity contribution in [2.75, 3.05) is 31.9 Å². The fourth-order valence-corrected chi connectivity index (χ4v) is 4.60. The van der Waals surface area contributed by atoms with Gasteiger partial charge in [0.15, 0.2) is 0 Å². The maximum absolute atomic E-state index is 6.22. The van der Waals surface area contributed by atoms with Crippen LogP contribution >= 0.6 is 0 Å². The average molecular weight is 468 g/mol. The number of rotatable bonds is 4. The minimum Gasteiger partial charge on any atom is -1.00 e. The van der Waals surface area contributed by atoms with E-state index in [0.717, 1.165) is 43.0 Å². The standard InChI is InChI=1S/C25H25N5.2ClH/c26-24-21-13-7-8-14-22(21)27-25(28-24)30-17-15-29(16-18-30)23(19-9-3-1-4-10-19)20-11-5-2-6-12-20;;/h1-14,23H,15-18H2,(H2,26,27,28);2*1H. The lowest BCUT2D eigenvalue weighted by Crippen LogP contribution is -3.26. The number of para-hydroxylation sites is 1. The molecule has 0 spiro atoms. The van der Waals surface area contributed by atoms with E-state index >= 15 is 0 Å². The summed E-state index contributed by atoms with van der Waals surface area (Å²) in [6, 6.07) is 30.0. The van der Waals surface area contributed by atoms with E-state index in [9.17, 15) is 0 Å². The first-order valence-corrected chi connectivity index (χ1v) is 10.6. The van der Waals surface area contributed by atoms with E-state index in [2.05, 4.69) is 65.6 Å². The van der Waals surface area contributed by atoms with Crippen molar-refractivity contribution in [1.82, 2.24) is 9.97 Å². The van der Waals surface area contributed by atoms with Crippen molar-refractivity contribution >= 4 is 22.7 Å². The predicted octanol–water partition coefficient (Wildman–Crippen LogP) is -4.58. The van der Waals surface area contributed by atoms with Crippen molar-refractivity contribution in [1.29, 1.82) is 0 Å². The first-order valence-electron chi connectivity index (χ1n) is 10.6. The highest BCUT2D eigenvalue weighted by Gasteiger charge is 2.33. The molecule has 4 aromatic rings. The number of nitrogens with zero attached hydrogens (tertiary/aromatic N) is 2. The first kappa shape index (κ1) is 24.0. The van der Waals surface area contributed by atoms with Crippen LogP contribution in [-0.2, 0) is 0 Å². The van der Waals surface area contributed by atoms with Gasteiger partial charge >= 0.3 is 5.95 Å². The number of fused-ring (bicyclic) bond motifs is 1. The molecular weight excluding hydrogens is 441 g/mol. The number of nitrogens with two attached hydrogens (primary N) is 1. The minimum absolute atomic E-state index is 0. The number of nitrogens with one attached hydrogen (secondary N) is 2. The van der Waals surface area contributed by atoms with Crippen LogP contribution in [0.5, 0.6) is 0 Å². The van der Waals surface area contributed by atoms with Crippen LogP contribution in [0.1, 0.15) is 17.2 Å². The van der Waals surface area contributed by atoms with Crippen LogP contribution in [0.2, 0.25) is 0 Å². The molecule has 3 aromatic carbocycles. The van der Waals surface area contributed by atoms with Gasteiger partial charge in [0, 0.05) is 16.5 Å². The molecule has 5 rings (SSSR count).